The molecule has 0 atom stereocenters. The molecule has 3 rings (SSSR count). The molecule has 3 heterocycles. The van der Waals surface area contributed by atoms with Crippen LogP contribution in [0.3, 0.4) is 0 Å². The van der Waals surface area contributed by atoms with Crippen molar-refractivity contribution in [2.45, 2.75) is 20.4 Å². The maximum Gasteiger partial charge on any atom is 0.320 e. The Labute approximate surface area is 145 Å². The molecule has 0 aromatic carbocycles. The average Bonchev–Trinajstić information content (AvgIpc) is 3.28. The molecule has 0 N–H and O–H groups in total. The van der Waals surface area contributed by atoms with Gasteiger partial charge in [-0.05, 0) is 25.3 Å². The van der Waals surface area contributed by atoms with Gasteiger partial charge in [-0.1, -0.05) is 11.2 Å². The Bertz CT molecular complexity index is 645. The van der Waals surface area contributed by atoms with E-state index in [1.807, 2.05) is 41.2 Å². The van der Waals surface area contributed by atoms with E-state index >= 15 is 0 Å². The van der Waals surface area contributed by atoms with Gasteiger partial charge in [-0.2, -0.15) is 4.98 Å². The Hall–Kier alpha value is -1.93. The Morgan fingerprint density at radius 3 is 2.67 bits per heavy atom. The number of piperazine rings is 1. The molecule has 1 saturated heterocycles. The van der Waals surface area contributed by atoms with Gasteiger partial charge in [0.05, 0.1) is 11.4 Å². The molecule has 0 spiro atoms. The van der Waals surface area contributed by atoms with Crippen LogP contribution in [0.1, 0.15) is 19.7 Å². The van der Waals surface area contributed by atoms with Crippen molar-refractivity contribution in [3.8, 4) is 10.7 Å². The van der Waals surface area contributed by atoms with Crippen LogP contribution in [0.15, 0.2) is 22.0 Å². The molecule has 1 aliphatic rings. The molecule has 24 heavy (non-hydrogen) atoms. The van der Waals surface area contributed by atoms with Crippen LogP contribution < -0.4 is 0 Å². The zero-order chi connectivity index (χ0) is 16.9. The number of hydrogen-bond donors (Lipinski definition) is 0. The highest BCUT2D eigenvalue weighted by Gasteiger charge is 2.24. The maximum atomic E-state index is 12.4. The van der Waals surface area contributed by atoms with E-state index in [1.165, 1.54) is 0 Å². The molecule has 0 bridgehead atoms. The molecule has 0 aliphatic carbocycles. The fourth-order valence-corrected chi connectivity index (χ4v) is 3.46. The molecule has 8 heteroatoms. The van der Waals surface area contributed by atoms with Crippen LogP contribution >= 0.6 is 11.3 Å². The fourth-order valence-electron chi connectivity index (χ4n) is 2.81. The first-order chi connectivity index (χ1) is 11.7. The van der Waals surface area contributed by atoms with E-state index in [9.17, 15) is 4.79 Å². The molecule has 2 aromatic rings. The van der Waals surface area contributed by atoms with Crippen molar-refractivity contribution < 1.29 is 9.32 Å². The fraction of sp³-hybridized carbons (Fsp3) is 0.562. The number of amides is 2. The number of nitrogens with zero attached hydrogens (tertiary/aromatic N) is 5. The smallest absolute Gasteiger partial charge is 0.320 e. The van der Waals surface area contributed by atoms with Gasteiger partial charge < -0.3 is 14.3 Å². The number of carbonyl (C=O) groups excluding carboxylic acids is 1. The predicted octanol–water partition coefficient (Wildman–Crippen LogP) is 2.38. The third-order valence-electron chi connectivity index (χ3n) is 4.25. The van der Waals surface area contributed by atoms with Crippen molar-refractivity contribution >= 4 is 17.4 Å². The standard InChI is InChI=1S/C16H23N5O2S/c1-3-20(4-2)16(22)21-9-7-19(8-10-21)12-14-17-15(18-23-14)13-6-5-11-24-13/h5-6,11H,3-4,7-10,12H2,1-2H3. The van der Waals surface area contributed by atoms with E-state index in [-0.39, 0.29) is 6.03 Å². The molecular weight excluding hydrogens is 326 g/mol. The first-order valence-electron chi connectivity index (χ1n) is 8.34. The monoisotopic (exact) mass is 349 g/mol. The summed E-state index contributed by atoms with van der Waals surface area (Å²) >= 11 is 1.60. The zero-order valence-electron chi connectivity index (χ0n) is 14.1. The minimum Gasteiger partial charge on any atom is -0.338 e. The summed E-state index contributed by atoms with van der Waals surface area (Å²) in [6, 6.07) is 4.09. The first-order valence-corrected chi connectivity index (χ1v) is 9.22. The highest BCUT2D eigenvalue weighted by atomic mass is 32.1. The van der Waals surface area contributed by atoms with E-state index in [1.54, 1.807) is 11.3 Å². The highest BCUT2D eigenvalue weighted by Crippen LogP contribution is 2.21. The van der Waals surface area contributed by atoms with Crippen LogP contribution in [0.2, 0.25) is 0 Å². The summed E-state index contributed by atoms with van der Waals surface area (Å²) in [4.78, 5) is 23.9. The van der Waals surface area contributed by atoms with Crippen LogP contribution in [0.25, 0.3) is 10.7 Å². The van der Waals surface area contributed by atoms with Crippen LogP contribution in [0, 0.1) is 0 Å². The Morgan fingerprint density at radius 2 is 2.04 bits per heavy atom. The van der Waals surface area contributed by atoms with E-state index in [2.05, 4.69) is 15.0 Å². The Morgan fingerprint density at radius 1 is 1.29 bits per heavy atom. The lowest BCUT2D eigenvalue weighted by Crippen LogP contribution is -2.52. The van der Waals surface area contributed by atoms with E-state index < -0.39 is 0 Å². The molecule has 0 saturated carbocycles. The Balaban J connectivity index is 1.51. The largest absolute Gasteiger partial charge is 0.338 e. The topological polar surface area (TPSA) is 65.7 Å². The number of hydrogen-bond acceptors (Lipinski definition) is 6. The molecule has 2 aromatic heterocycles. The van der Waals surface area contributed by atoms with Gasteiger partial charge in [0.2, 0.25) is 11.7 Å². The first kappa shape index (κ1) is 16.9. The lowest BCUT2D eigenvalue weighted by Gasteiger charge is -2.36. The van der Waals surface area contributed by atoms with Gasteiger partial charge in [-0.3, -0.25) is 4.90 Å². The molecular formula is C16H23N5O2S. The lowest BCUT2D eigenvalue weighted by molar-refractivity contribution is 0.106. The summed E-state index contributed by atoms with van der Waals surface area (Å²) in [5, 5.41) is 6.04. The summed E-state index contributed by atoms with van der Waals surface area (Å²) in [6.45, 7) is 9.28. The van der Waals surface area contributed by atoms with Gasteiger partial charge in [0.15, 0.2) is 0 Å². The lowest BCUT2D eigenvalue weighted by atomic mass is 10.3. The minimum atomic E-state index is 0.137. The van der Waals surface area contributed by atoms with Crippen LogP contribution in [-0.2, 0) is 6.54 Å². The summed E-state index contributed by atoms with van der Waals surface area (Å²) in [5.74, 6) is 1.28. The number of aromatic nitrogens is 2. The number of urea groups is 1. The summed E-state index contributed by atoms with van der Waals surface area (Å²) in [7, 11) is 0. The zero-order valence-corrected chi connectivity index (χ0v) is 15.0. The third kappa shape index (κ3) is 3.76. The van der Waals surface area contributed by atoms with Crippen molar-refractivity contribution in [1.82, 2.24) is 24.8 Å². The van der Waals surface area contributed by atoms with Crippen LogP contribution in [0.5, 0.6) is 0 Å². The van der Waals surface area contributed by atoms with Gasteiger partial charge in [0, 0.05) is 39.3 Å². The normalized spacial score (nSPS) is 15.7. The van der Waals surface area contributed by atoms with Crippen molar-refractivity contribution in [2.75, 3.05) is 39.3 Å². The molecule has 2 amide bonds. The number of thiophene rings is 1. The third-order valence-corrected chi connectivity index (χ3v) is 5.11. The van der Waals surface area contributed by atoms with Gasteiger partial charge in [-0.15, -0.1) is 11.3 Å². The number of carbonyl (C=O) groups is 1. The summed E-state index contributed by atoms with van der Waals surface area (Å²) in [6.07, 6.45) is 0. The second-order valence-electron chi connectivity index (χ2n) is 5.71. The van der Waals surface area contributed by atoms with E-state index in [0.29, 0.717) is 18.3 Å². The maximum absolute atomic E-state index is 12.4. The van der Waals surface area contributed by atoms with Crippen LogP contribution in [0.4, 0.5) is 4.79 Å². The minimum absolute atomic E-state index is 0.137. The summed E-state index contributed by atoms with van der Waals surface area (Å²) < 4.78 is 5.35. The average molecular weight is 349 g/mol. The van der Waals surface area contributed by atoms with E-state index in [0.717, 1.165) is 44.1 Å². The molecule has 0 radical (unpaired) electrons. The van der Waals surface area contributed by atoms with Crippen molar-refractivity contribution in [3.05, 3.63) is 23.4 Å². The molecule has 7 nitrogen and oxygen atoms in total. The van der Waals surface area contributed by atoms with Crippen molar-refractivity contribution in [3.63, 3.8) is 0 Å². The van der Waals surface area contributed by atoms with Crippen LogP contribution in [-0.4, -0.2) is 70.1 Å². The molecule has 0 unspecified atom stereocenters. The summed E-state index contributed by atoms with van der Waals surface area (Å²) in [5.41, 5.74) is 0. The molecule has 1 aliphatic heterocycles. The second kappa shape index (κ2) is 7.76. The molecule has 1 fully saturated rings. The quantitative estimate of drug-likeness (QED) is 0.829. The van der Waals surface area contributed by atoms with Crippen molar-refractivity contribution in [2.24, 2.45) is 0 Å². The van der Waals surface area contributed by atoms with Gasteiger partial charge in [0.1, 0.15) is 0 Å². The van der Waals surface area contributed by atoms with Gasteiger partial charge >= 0.3 is 6.03 Å². The highest BCUT2D eigenvalue weighted by molar-refractivity contribution is 7.13. The van der Waals surface area contributed by atoms with Gasteiger partial charge in [-0.25, -0.2) is 4.79 Å². The molecule has 130 valence electrons. The van der Waals surface area contributed by atoms with E-state index in [4.69, 9.17) is 4.52 Å². The predicted molar refractivity (Wildman–Crippen MR) is 92.8 cm³/mol. The van der Waals surface area contributed by atoms with Crippen molar-refractivity contribution in [1.29, 1.82) is 0 Å². The Kier molecular flexibility index (Phi) is 5.47. The van der Waals surface area contributed by atoms with Gasteiger partial charge in [0.25, 0.3) is 0 Å². The second-order valence-corrected chi connectivity index (χ2v) is 6.65. The SMILES string of the molecule is CCN(CC)C(=O)N1CCN(Cc2nc(-c3cccs3)no2)CC1. The number of rotatable bonds is 5.